The average molecular weight is 306 g/mol. The largest absolute Gasteiger partial charge is 0.493 e. The van der Waals surface area contributed by atoms with E-state index in [1.807, 2.05) is 42.6 Å². The highest BCUT2D eigenvalue weighted by Gasteiger charge is 2.02. The van der Waals surface area contributed by atoms with Crippen LogP contribution < -0.4 is 4.74 Å². The summed E-state index contributed by atoms with van der Waals surface area (Å²) in [5, 5.41) is 10.0. The summed E-state index contributed by atoms with van der Waals surface area (Å²) in [5.74, 6) is 1.57. The monoisotopic (exact) mass is 306 g/mol. The minimum atomic E-state index is 0.593. The molecule has 0 aliphatic rings. The minimum Gasteiger partial charge on any atom is -0.493 e. The molecular weight excluding hydrogens is 292 g/mol. The summed E-state index contributed by atoms with van der Waals surface area (Å²) in [7, 11) is 0. The fourth-order valence-electron chi connectivity index (χ4n) is 2.16. The Morgan fingerprint density at radius 1 is 1.09 bits per heavy atom. The van der Waals surface area contributed by atoms with Crippen molar-refractivity contribution in [3.05, 3.63) is 66.4 Å². The Labute approximate surface area is 133 Å². The number of hydrogen-bond acceptors (Lipinski definition) is 4. The molecule has 3 nitrogen and oxygen atoms in total. The molecular formula is C18H14N2OS. The maximum absolute atomic E-state index is 8.87. The predicted molar refractivity (Wildman–Crippen MR) is 89.1 cm³/mol. The molecule has 0 aliphatic heterocycles. The van der Waals surface area contributed by atoms with Crippen molar-refractivity contribution in [3.8, 4) is 11.8 Å². The molecule has 0 unspecified atom stereocenters. The first-order chi connectivity index (χ1) is 10.9. The summed E-state index contributed by atoms with van der Waals surface area (Å²) < 4.78 is 5.69. The van der Waals surface area contributed by atoms with Gasteiger partial charge in [0.05, 0.1) is 23.8 Å². The van der Waals surface area contributed by atoms with Crippen molar-refractivity contribution >= 4 is 22.7 Å². The Hall–Kier alpha value is -2.51. The SMILES string of the molecule is N#Cc1cccc(OCCSc2ccnc3ccccc23)c1. The number of aromatic nitrogens is 1. The fourth-order valence-corrected chi connectivity index (χ4v) is 3.03. The zero-order valence-electron chi connectivity index (χ0n) is 11.9. The summed E-state index contributed by atoms with van der Waals surface area (Å²) >= 11 is 1.75. The highest BCUT2D eigenvalue weighted by molar-refractivity contribution is 7.99. The Morgan fingerprint density at radius 3 is 2.91 bits per heavy atom. The van der Waals surface area contributed by atoms with Gasteiger partial charge in [-0.3, -0.25) is 4.98 Å². The van der Waals surface area contributed by atoms with Gasteiger partial charge in [0, 0.05) is 22.2 Å². The molecule has 1 heterocycles. The molecule has 22 heavy (non-hydrogen) atoms. The van der Waals surface area contributed by atoms with Crippen LogP contribution in [0.4, 0.5) is 0 Å². The maximum atomic E-state index is 8.87. The summed E-state index contributed by atoms with van der Waals surface area (Å²) in [4.78, 5) is 5.57. The van der Waals surface area contributed by atoms with Gasteiger partial charge in [-0.2, -0.15) is 5.26 Å². The maximum Gasteiger partial charge on any atom is 0.120 e. The van der Waals surface area contributed by atoms with Crippen molar-refractivity contribution in [3.63, 3.8) is 0 Å². The van der Waals surface area contributed by atoms with Crippen molar-refractivity contribution in [1.82, 2.24) is 4.98 Å². The molecule has 3 aromatic rings. The average Bonchev–Trinajstić information content (AvgIpc) is 2.59. The van der Waals surface area contributed by atoms with Crippen LogP contribution in [0.1, 0.15) is 5.56 Å². The third-order valence-electron chi connectivity index (χ3n) is 3.18. The Bertz CT molecular complexity index is 821. The van der Waals surface area contributed by atoms with Gasteiger partial charge in [0.1, 0.15) is 5.75 Å². The standard InChI is InChI=1S/C18H14N2OS/c19-13-14-4-3-5-15(12-14)21-10-11-22-18-8-9-20-17-7-2-1-6-16(17)18/h1-9,12H,10-11H2. The van der Waals surface area contributed by atoms with Crippen molar-refractivity contribution in [2.24, 2.45) is 0 Å². The number of para-hydroxylation sites is 1. The van der Waals surface area contributed by atoms with Crippen LogP contribution >= 0.6 is 11.8 Å². The van der Waals surface area contributed by atoms with Gasteiger partial charge in [0.15, 0.2) is 0 Å². The first kappa shape index (κ1) is 14.4. The third-order valence-corrected chi connectivity index (χ3v) is 4.22. The van der Waals surface area contributed by atoms with E-state index in [2.05, 4.69) is 17.1 Å². The van der Waals surface area contributed by atoms with E-state index in [4.69, 9.17) is 10.00 Å². The number of pyridine rings is 1. The van der Waals surface area contributed by atoms with Crippen LogP contribution in [-0.2, 0) is 0 Å². The van der Waals surface area contributed by atoms with E-state index in [0.717, 1.165) is 17.0 Å². The second-order valence-corrected chi connectivity index (χ2v) is 5.80. The zero-order valence-corrected chi connectivity index (χ0v) is 12.7. The predicted octanol–water partition coefficient (Wildman–Crippen LogP) is 4.28. The molecule has 4 heteroatoms. The van der Waals surface area contributed by atoms with Gasteiger partial charge in [-0.25, -0.2) is 0 Å². The number of nitriles is 1. The summed E-state index contributed by atoms with van der Waals surface area (Å²) in [5.41, 5.74) is 1.63. The molecule has 0 N–H and O–H groups in total. The van der Waals surface area contributed by atoms with Crippen LogP contribution in [0.5, 0.6) is 5.75 Å². The molecule has 0 aliphatic carbocycles. The first-order valence-corrected chi connectivity index (χ1v) is 7.95. The molecule has 0 saturated heterocycles. The van der Waals surface area contributed by atoms with E-state index >= 15 is 0 Å². The molecule has 0 spiro atoms. The van der Waals surface area contributed by atoms with Crippen LogP contribution in [0.3, 0.4) is 0 Å². The van der Waals surface area contributed by atoms with Crippen LogP contribution in [0, 0.1) is 11.3 Å². The van der Waals surface area contributed by atoms with Crippen molar-refractivity contribution in [1.29, 1.82) is 5.26 Å². The highest BCUT2D eigenvalue weighted by Crippen LogP contribution is 2.26. The van der Waals surface area contributed by atoms with Gasteiger partial charge < -0.3 is 4.74 Å². The second kappa shape index (κ2) is 6.97. The Kier molecular flexibility index (Phi) is 4.57. The van der Waals surface area contributed by atoms with Crippen LogP contribution in [-0.4, -0.2) is 17.3 Å². The summed E-state index contributed by atoms with van der Waals surface area (Å²) in [6.45, 7) is 0.593. The number of fused-ring (bicyclic) bond motifs is 1. The van der Waals surface area contributed by atoms with Gasteiger partial charge in [0.2, 0.25) is 0 Å². The highest BCUT2D eigenvalue weighted by atomic mass is 32.2. The third kappa shape index (κ3) is 3.38. The molecule has 0 fully saturated rings. The number of benzene rings is 2. The number of ether oxygens (including phenoxy) is 1. The fraction of sp³-hybridized carbons (Fsp3) is 0.111. The van der Waals surface area contributed by atoms with Gasteiger partial charge in [-0.1, -0.05) is 24.3 Å². The van der Waals surface area contributed by atoms with Gasteiger partial charge >= 0.3 is 0 Å². The van der Waals surface area contributed by atoms with E-state index in [9.17, 15) is 0 Å². The molecule has 0 radical (unpaired) electrons. The number of nitrogens with zero attached hydrogens (tertiary/aromatic N) is 2. The smallest absolute Gasteiger partial charge is 0.120 e. The van der Waals surface area contributed by atoms with E-state index in [-0.39, 0.29) is 0 Å². The first-order valence-electron chi connectivity index (χ1n) is 6.96. The van der Waals surface area contributed by atoms with Crippen LogP contribution in [0.2, 0.25) is 0 Å². The van der Waals surface area contributed by atoms with Crippen molar-refractivity contribution in [2.75, 3.05) is 12.4 Å². The lowest BCUT2D eigenvalue weighted by Gasteiger charge is -2.08. The molecule has 0 atom stereocenters. The quantitative estimate of drug-likeness (QED) is 0.521. The minimum absolute atomic E-state index is 0.593. The lowest BCUT2D eigenvalue weighted by molar-refractivity contribution is 0.344. The van der Waals surface area contributed by atoms with E-state index in [1.165, 1.54) is 10.3 Å². The van der Waals surface area contributed by atoms with Crippen molar-refractivity contribution < 1.29 is 4.74 Å². The molecule has 0 amide bonds. The molecule has 0 bridgehead atoms. The molecule has 108 valence electrons. The van der Waals surface area contributed by atoms with Gasteiger partial charge in [0.25, 0.3) is 0 Å². The number of thioether (sulfide) groups is 1. The van der Waals surface area contributed by atoms with Crippen molar-refractivity contribution in [2.45, 2.75) is 4.90 Å². The van der Waals surface area contributed by atoms with E-state index in [1.54, 1.807) is 23.9 Å². The Balaban J connectivity index is 1.60. The zero-order chi connectivity index (χ0) is 15.2. The molecule has 2 aromatic carbocycles. The summed E-state index contributed by atoms with van der Waals surface area (Å²) in [6, 6.07) is 19.5. The van der Waals surface area contributed by atoms with Gasteiger partial charge in [-0.15, -0.1) is 11.8 Å². The lowest BCUT2D eigenvalue weighted by atomic mass is 10.2. The normalized spacial score (nSPS) is 10.3. The Morgan fingerprint density at radius 2 is 2.00 bits per heavy atom. The molecule has 0 saturated carbocycles. The lowest BCUT2D eigenvalue weighted by Crippen LogP contribution is -2.00. The van der Waals surface area contributed by atoms with E-state index < -0.39 is 0 Å². The molecule has 1 aromatic heterocycles. The van der Waals surface area contributed by atoms with Crippen LogP contribution in [0.25, 0.3) is 10.9 Å². The number of rotatable bonds is 5. The molecule has 3 rings (SSSR count). The van der Waals surface area contributed by atoms with Gasteiger partial charge in [-0.05, 0) is 30.3 Å². The number of hydrogen-bond donors (Lipinski definition) is 0. The topological polar surface area (TPSA) is 45.9 Å². The van der Waals surface area contributed by atoms with Crippen LogP contribution in [0.15, 0.2) is 65.7 Å². The summed E-state index contributed by atoms with van der Waals surface area (Å²) in [6.07, 6.45) is 1.84. The second-order valence-electron chi connectivity index (χ2n) is 4.66. The van der Waals surface area contributed by atoms with E-state index in [0.29, 0.717) is 12.2 Å².